The van der Waals surface area contributed by atoms with Crippen LogP contribution in [-0.4, -0.2) is 22.5 Å². The number of nitrogens with one attached hydrogen (secondary N) is 2. The average molecular weight is 273 g/mol. The summed E-state index contributed by atoms with van der Waals surface area (Å²) < 4.78 is 5.63. The second-order valence-corrected chi connectivity index (χ2v) is 5.50. The van der Waals surface area contributed by atoms with Gasteiger partial charge < -0.3 is 15.0 Å². The van der Waals surface area contributed by atoms with Crippen molar-refractivity contribution in [3.05, 3.63) is 24.0 Å². The first-order valence-electron chi connectivity index (χ1n) is 7.05. The minimum Gasteiger partial charge on any atom is -0.370 e. The zero-order valence-corrected chi connectivity index (χ0v) is 11.8. The summed E-state index contributed by atoms with van der Waals surface area (Å²) in [6.07, 6.45) is 2.17. The molecule has 1 atom stereocenters. The fourth-order valence-corrected chi connectivity index (χ4v) is 2.34. The third-order valence-electron chi connectivity index (χ3n) is 3.53. The second-order valence-electron chi connectivity index (χ2n) is 5.50. The first-order chi connectivity index (χ1) is 9.63. The molecule has 1 aromatic heterocycles. The number of amides is 1. The summed E-state index contributed by atoms with van der Waals surface area (Å²) in [5, 5.41) is 2.89. The number of rotatable bonds is 3. The van der Waals surface area contributed by atoms with Gasteiger partial charge in [0, 0.05) is 18.2 Å². The Morgan fingerprint density at radius 1 is 1.50 bits per heavy atom. The van der Waals surface area contributed by atoms with Crippen LogP contribution in [0.5, 0.6) is 0 Å². The number of fused-ring (bicyclic) bond motifs is 1. The number of benzene rings is 1. The SMILES string of the molecule is CC(C)C(=O)Nc1ccc2nc([C@H]3CCCO3)[nH]c2c1. The van der Waals surface area contributed by atoms with E-state index < -0.39 is 0 Å². The fraction of sp³-hybridized carbons (Fsp3) is 0.467. The molecule has 1 aromatic carbocycles. The van der Waals surface area contributed by atoms with Crippen molar-refractivity contribution >= 4 is 22.6 Å². The van der Waals surface area contributed by atoms with Gasteiger partial charge in [-0.2, -0.15) is 0 Å². The first-order valence-corrected chi connectivity index (χ1v) is 7.05. The number of H-pyrrole nitrogens is 1. The summed E-state index contributed by atoms with van der Waals surface area (Å²) in [4.78, 5) is 19.6. The molecule has 1 aliphatic heterocycles. The molecule has 0 radical (unpaired) electrons. The number of ether oxygens (including phenoxy) is 1. The van der Waals surface area contributed by atoms with Crippen molar-refractivity contribution in [1.29, 1.82) is 0 Å². The van der Waals surface area contributed by atoms with E-state index in [4.69, 9.17) is 4.74 Å². The monoisotopic (exact) mass is 273 g/mol. The number of hydrogen-bond donors (Lipinski definition) is 2. The largest absolute Gasteiger partial charge is 0.370 e. The molecule has 3 rings (SSSR count). The van der Waals surface area contributed by atoms with Crippen LogP contribution in [0.1, 0.15) is 38.6 Å². The van der Waals surface area contributed by atoms with Gasteiger partial charge in [-0.25, -0.2) is 4.98 Å². The van der Waals surface area contributed by atoms with Gasteiger partial charge in [-0.15, -0.1) is 0 Å². The standard InChI is InChI=1S/C15H19N3O2/c1-9(2)15(19)16-10-5-6-11-12(8-10)18-14(17-11)13-4-3-7-20-13/h5-6,8-9,13H,3-4,7H2,1-2H3,(H,16,19)(H,17,18)/t13-/m1/s1. The molecule has 0 saturated carbocycles. The lowest BCUT2D eigenvalue weighted by Gasteiger charge is -2.07. The van der Waals surface area contributed by atoms with Crippen LogP contribution >= 0.6 is 0 Å². The van der Waals surface area contributed by atoms with Gasteiger partial charge in [0.05, 0.1) is 11.0 Å². The lowest BCUT2D eigenvalue weighted by molar-refractivity contribution is -0.118. The van der Waals surface area contributed by atoms with E-state index in [-0.39, 0.29) is 17.9 Å². The van der Waals surface area contributed by atoms with Crippen molar-refractivity contribution in [2.24, 2.45) is 5.92 Å². The van der Waals surface area contributed by atoms with Gasteiger partial charge in [0.25, 0.3) is 0 Å². The molecule has 0 bridgehead atoms. The summed E-state index contributed by atoms with van der Waals surface area (Å²) in [6.45, 7) is 4.55. The molecule has 20 heavy (non-hydrogen) atoms. The Morgan fingerprint density at radius 2 is 2.35 bits per heavy atom. The molecule has 106 valence electrons. The quantitative estimate of drug-likeness (QED) is 0.903. The molecule has 2 heterocycles. The van der Waals surface area contributed by atoms with Crippen LogP contribution in [-0.2, 0) is 9.53 Å². The summed E-state index contributed by atoms with van der Waals surface area (Å²) in [6, 6.07) is 5.71. The topological polar surface area (TPSA) is 67.0 Å². The number of hydrogen-bond acceptors (Lipinski definition) is 3. The van der Waals surface area contributed by atoms with Crippen molar-refractivity contribution in [3.63, 3.8) is 0 Å². The lowest BCUT2D eigenvalue weighted by atomic mass is 10.2. The zero-order chi connectivity index (χ0) is 14.1. The Kier molecular flexibility index (Phi) is 3.44. The van der Waals surface area contributed by atoms with Crippen LogP contribution < -0.4 is 5.32 Å². The number of aromatic nitrogens is 2. The summed E-state index contributed by atoms with van der Waals surface area (Å²) in [5.41, 5.74) is 2.62. The van der Waals surface area contributed by atoms with Crippen molar-refractivity contribution in [2.45, 2.75) is 32.8 Å². The summed E-state index contributed by atoms with van der Waals surface area (Å²) >= 11 is 0. The Hall–Kier alpha value is -1.88. The molecule has 0 spiro atoms. The maximum atomic E-state index is 11.7. The summed E-state index contributed by atoms with van der Waals surface area (Å²) in [5.74, 6) is 0.864. The molecule has 5 nitrogen and oxygen atoms in total. The molecule has 0 aliphatic carbocycles. The van der Waals surface area contributed by atoms with Crippen molar-refractivity contribution < 1.29 is 9.53 Å². The average Bonchev–Trinajstić information content (AvgIpc) is 3.06. The molecule has 2 aromatic rings. The van der Waals surface area contributed by atoms with Crippen LogP contribution in [0.25, 0.3) is 11.0 Å². The van der Waals surface area contributed by atoms with Crippen molar-refractivity contribution in [2.75, 3.05) is 11.9 Å². The van der Waals surface area contributed by atoms with E-state index in [1.165, 1.54) is 0 Å². The highest BCUT2D eigenvalue weighted by molar-refractivity contribution is 5.94. The third kappa shape index (κ3) is 2.54. The number of imidazole rings is 1. The molecule has 5 heteroatoms. The highest BCUT2D eigenvalue weighted by Gasteiger charge is 2.21. The van der Waals surface area contributed by atoms with Gasteiger partial charge in [-0.3, -0.25) is 4.79 Å². The Morgan fingerprint density at radius 3 is 3.05 bits per heavy atom. The van der Waals surface area contributed by atoms with E-state index in [1.54, 1.807) is 0 Å². The minimum atomic E-state index is -0.0325. The Balaban J connectivity index is 1.85. The molecule has 0 unspecified atom stereocenters. The van der Waals surface area contributed by atoms with E-state index in [9.17, 15) is 4.79 Å². The van der Waals surface area contributed by atoms with Gasteiger partial charge in [0.1, 0.15) is 11.9 Å². The first kappa shape index (κ1) is 13.1. The van der Waals surface area contributed by atoms with Crippen LogP contribution in [0.4, 0.5) is 5.69 Å². The molecule has 1 aliphatic rings. The maximum Gasteiger partial charge on any atom is 0.226 e. The minimum absolute atomic E-state index is 0.0169. The fourth-order valence-electron chi connectivity index (χ4n) is 2.34. The van der Waals surface area contributed by atoms with Gasteiger partial charge in [0.2, 0.25) is 5.91 Å². The van der Waals surface area contributed by atoms with Crippen LogP contribution in [0.2, 0.25) is 0 Å². The van der Waals surface area contributed by atoms with Crippen LogP contribution in [0.3, 0.4) is 0 Å². The van der Waals surface area contributed by atoms with Crippen molar-refractivity contribution in [3.8, 4) is 0 Å². The van der Waals surface area contributed by atoms with E-state index in [0.717, 1.165) is 42.0 Å². The Bertz CT molecular complexity index is 627. The van der Waals surface area contributed by atoms with Gasteiger partial charge in [-0.05, 0) is 31.0 Å². The molecule has 1 fully saturated rings. The predicted molar refractivity (Wildman–Crippen MR) is 77.5 cm³/mol. The second kappa shape index (κ2) is 5.25. The van der Waals surface area contributed by atoms with Crippen LogP contribution in [0, 0.1) is 5.92 Å². The number of carbonyl (C=O) groups is 1. The van der Waals surface area contributed by atoms with Crippen LogP contribution in [0.15, 0.2) is 18.2 Å². The predicted octanol–water partition coefficient (Wildman–Crippen LogP) is 3.01. The lowest BCUT2D eigenvalue weighted by Crippen LogP contribution is -2.17. The normalized spacial score (nSPS) is 18.9. The molecule has 2 N–H and O–H groups in total. The van der Waals surface area contributed by atoms with E-state index in [1.807, 2.05) is 32.0 Å². The summed E-state index contributed by atoms with van der Waals surface area (Å²) in [7, 11) is 0. The van der Waals surface area contributed by atoms with Crippen molar-refractivity contribution in [1.82, 2.24) is 9.97 Å². The molecule has 1 saturated heterocycles. The maximum absolute atomic E-state index is 11.7. The van der Waals surface area contributed by atoms with Gasteiger partial charge in [-0.1, -0.05) is 13.8 Å². The molecular weight excluding hydrogens is 254 g/mol. The molecular formula is C15H19N3O2. The Labute approximate surface area is 117 Å². The zero-order valence-electron chi connectivity index (χ0n) is 11.8. The third-order valence-corrected chi connectivity index (χ3v) is 3.53. The van der Waals surface area contributed by atoms with Gasteiger partial charge >= 0.3 is 0 Å². The van der Waals surface area contributed by atoms with Gasteiger partial charge in [0.15, 0.2) is 0 Å². The number of nitrogens with zero attached hydrogens (tertiary/aromatic N) is 1. The highest BCUT2D eigenvalue weighted by Crippen LogP contribution is 2.28. The van der Waals surface area contributed by atoms with E-state index in [2.05, 4.69) is 15.3 Å². The smallest absolute Gasteiger partial charge is 0.226 e. The van der Waals surface area contributed by atoms with E-state index >= 15 is 0 Å². The number of aromatic amines is 1. The van der Waals surface area contributed by atoms with E-state index in [0.29, 0.717) is 0 Å². The number of carbonyl (C=O) groups excluding carboxylic acids is 1. The molecule has 1 amide bonds. The highest BCUT2D eigenvalue weighted by atomic mass is 16.5. The number of anilines is 1.